The largest absolute Gasteiger partial charge is 0.495 e. The minimum Gasteiger partial charge on any atom is -0.495 e. The van der Waals surface area contributed by atoms with Gasteiger partial charge in [0.05, 0.1) is 37.7 Å². The molecule has 2 aromatic carbocycles. The van der Waals surface area contributed by atoms with Crippen LogP contribution in [0.3, 0.4) is 0 Å². The van der Waals surface area contributed by atoms with E-state index >= 15 is 0 Å². The molecule has 17 heteroatoms. The first kappa shape index (κ1) is 50.9. The van der Waals surface area contributed by atoms with Crippen LogP contribution in [0.15, 0.2) is 97.3 Å². The highest BCUT2D eigenvalue weighted by atomic mass is 16.6. The van der Waals surface area contributed by atoms with Gasteiger partial charge in [-0.05, 0) is 89.2 Å². The Bertz CT molecular complexity index is 2150. The van der Waals surface area contributed by atoms with Crippen molar-refractivity contribution in [2.45, 2.75) is 114 Å². The van der Waals surface area contributed by atoms with Gasteiger partial charge in [-0.2, -0.15) is 0 Å². The van der Waals surface area contributed by atoms with Crippen LogP contribution in [0, 0.1) is 0 Å². The highest BCUT2D eigenvalue weighted by Gasteiger charge is 2.48. The van der Waals surface area contributed by atoms with E-state index < -0.39 is 29.5 Å². The standard InChI is InChI=1S/C25H33N3O4.C19H28N2O3.C6H8BNO3/c1-24(2,30)18-25(19-8-5-4-6-9-19)13-15-28(23(29)32-25)20-10-7-14-27(17-20)22-12-11-21(31-3)16-26-22;1-18(2,23)14-19(15-7-4-3-5-8-15)10-12-21(17(22)24-19)16-9-6-11-20-13-16;1-11-6-3-2-5(4-8-6)7(9)10/h4-6,8-9,11-12,16,20,30H,7,10,13-15,17-18H2,1-3H3;3-5,7-8,16,20,23H,6,9-14H2,1-2H3;2-4,9-10H,1H3/t20-,25-;16-,19-;/m00./s1. The second-order valence-corrected chi connectivity index (χ2v) is 19.1. The summed E-state index contributed by atoms with van der Waals surface area (Å²) in [6.07, 6.45) is 8.62. The number of amides is 2. The number of aliphatic hydroxyl groups is 2. The lowest BCUT2D eigenvalue weighted by Gasteiger charge is -2.47. The smallest absolute Gasteiger partial charge is 0.490 e. The van der Waals surface area contributed by atoms with Crippen molar-refractivity contribution in [3.63, 3.8) is 0 Å². The fourth-order valence-electron chi connectivity index (χ4n) is 9.60. The molecule has 4 fully saturated rings. The van der Waals surface area contributed by atoms with Gasteiger partial charge in [-0.25, -0.2) is 19.6 Å². The van der Waals surface area contributed by atoms with Crippen molar-refractivity contribution in [1.82, 2.24) is 25.1 Å². The Morgan fingerprint density at radius 1 is 0.716 bits per heavy atom. The van der Waals surface area contributed by atoms with E-state index in [9.17, 15) is 19.8 Å². The number of piperidine rings is 2. The number of hydrogen-bond donors (Lipinski definition) is 5. The molecule has 4 atom stereocenters. The molecule has 8 rings (SSSR count). The monoisotopic (exact) mass is 925 g/mol. The van der Waals surface area contributed by atoms with Gasteiger partial charge in [0.25, 0.3) is 0 Å². The number of benzene rings is 2. The lowest BCUT2D eigenvalue weighted by atomic mass is 9.80. The first-order chi connectivity index (χ1) is 31.9. The average molecular weight is 925 g/mol. The lowest BCUT2D eigenvalue weighted by molar-refractivity contribution is -0.103. The normalized spacial score (nSPS) is 23.3. The number of carbonyl (C=O) groups is 2. The molecule has 2 aromatic heterocycles. The molecular formula is C50H69BN6O10. The number of hydrogen-bond acceptors (Lipinski definition) is 14. The van der Waals surface area contributed by atoms with E-state index in [0.717, 1.165) is 74.6 Å². The Labute approximate surface area is 395 Å². The van der Waals surface area contributed by atoms with Crippen LogP contribution in [0.1, 0.15) is 90.2 Å². The van der Waals surface area contributed by atoms with Crippen LogP contribution in [0.4, 0.5) is 15.4 Å². The molecule has 4 saturated heterocycles. The van der Waals surface area contributed by atoms with Gasteiger partial charge in [0.1, 0.15) is 22.8 Å². The minimum absolute atomic E-state index is 0.0658. The zero-order valence-corrected chi connectivity index (χ0v) is 39.8. The van der Waals surface area contributed by atoms with Crippen LogP contribution in [0.25, 0.3) is 0 Å². The van der Waals surface area contributed by atoms with Crippen LogP contribution in [0.5, 0.6) is 11.6 Å². The van der Waals surface area contributed by atoms with Crippen LogP contribution < -0.4 is 25.2 Å². The van der Waals surface area contributed by atoms with Crippen LogP contribution >= 0.6 is 0 Å². The number of nitrogens with one attached hydrogen (secondary N) is 1. The first-order valence-electron chi connectivity index (χ1n) is 23.3. The quantitative estimate of drug-likeness (QED) is 0.114. The molecule has 4 aromatic rings. The topological polar surface area (TPSA) is 200 Å². The SMILES string of the molecule is CC(C)(O)C[C@]1(c2ccccc2)CCN([C@H]2CCCNC2)C(=O)O1.COc1ccc(B(O)O)cn1.COc1ccc(N2CCC[C@H](N3CC[C@](CC(C)(C)O)(c4ccccc4)OC3=O)C2)nc1. The van der Waals surface area contributed by atoms with Gasteiger partial charge in [-0.3, -0.25) is 0 Å². The molecule has 0 saturated carbocycles. The summed E-state index contributed by atoms with van der Waals surface area (Å²) < 4.78 is 22.1. The molecule has 4 aliphatic heterocycles. The summed E-state index contributed by atoms with van der Waals surface area (Å²) in [6, 6.07) is 26.9. The van der Waals surface area contributed by atoms with Crippen molar-refractivity contribution in [3.8, 4) is 11.6 Å². The van der Waals surface area contributed by atoms with Crippen molar-refractivity contribution in [3.05, 3.63) is 108 Å². The number of methoxy groups -OCH3 is 2. The van der Waals surface area contributed by atoms with Gasteiger partial charge >= 0.3 is 19.3 Å². The molecule has 0 aliphatic carbocycles. The first-order valence-corrected chi connectivity index (χ1v) is 23.3. The van der Waals surface area contributed by atoms with Crippen LogP contribution in [-0.4, -0.2) is 136 Å². The highest BCUT2D eigenvalue weighted by molar-refractivity contribution is 6.58. The van der Waals surface area contributed by atoms with Crippen molar-refractivity contribution >= 4 is 30.6 Å². The third kappa shape index (κ3) is 13.8. The van der Waals surface area contributed by atoms with E-state index in [1.807, 2.05) is 82.6 Å². The number of nitrogens with zero attached hydrogens (tertiary/aromatic N) is 5. The Balaban J connectivity index is 0.000000185. The fraction of sp³-hybridized carbons (Fsp3) is 0.520. The second kappa shape index (κ2) is 22.6. The number of aromatic nitrogens is 2. The van der Waals surface area contributed by atoms with Gasteiger partial charge < -0.3 is 59.2 Å². The van der Waals surface area contributed by atoms with E-state index in [-0.39, 0.29) is 24.3 Å². The summed E-state index contributed by atoms with van der Waals surface area (Å²) in [5, 5.41) is 41.6. The number of anilines is 1. The summed E-state index contributed by atoms with van der Waals surface area (Å²) in [4.78, 5) is 40.3. The van der Waals surface area contributed by atoms with E-state index in [2.05, 4.69) is 20.2 Å². The predicted octanol–water partition coefficient (Wildman–Crippen LogP) is 5.37. The number of carbonyl (C=O) groups excluding carboxylic acids is 2. The van der Waals surface area contributed by atoms with Crippen molar-refractivity contribution in [1.29, 1.82) is 0 Å². The van der Waals surface area contributed by atoms with Crippen molar-refractivity contribution in [2.24, 2.45) is 0 Å². The maximum absolute atomic E-state index is 13.3. The average Bonchev–Trinajstić information content (AvgIpc) is 3.32. The molecule has 0 spiro atoms. The Hall–Kier alpha value is -5.46. The van der Waals surface area contributed by atoms with Crippen molar-refractivity contribution < 1.29 is 48.8 Å². The molecule has 0 bridgehead atoms. The molecule has 67 heavy (non-hydrogen) atoms. The molecule has 16 nitrogen and oxygen atoms in total. The Kier molecular flexibility index (Phi) is 17.2. The number of cyclic esters (lactones) is 2. The molecule has 0 unspecified atom stereocenters. The lowest BCUT2D eigenvalue weighted by Crippen LogP contribution is -2.57. The van der Waals surface area contributed by atoms with Gasteiger partial charge in [-0.1, -0.05) is 66.7 Å². The predicted molar refractivity (Wildman–Crippen MR) is 256 cm³/mol. The number of ether oxygens (including phenoxy) is 4. The highest BCUT2D eigenvalue weighted by Crippen LogP contribution is 2.43. The van der Waals surface area contributed by atoms with E-state index in [1.165, 1.54) is 19.4 Å². The zero-order valence-electron chi connectivity index (χ0n) is 39.8. The Morgan fingerprint density at radius 2 is 1.28 bits per heavy atom. The Morgan fingerprint density at radius 3 is 1.72 bits per heavy atom. The summed E-state index contributed by atoms with van der Waals surface area (Å²) in [7, 11) is 1.66. The molecule has 6 heterocycles. The van der Waals surface area contributed by atoms with E-state index in [1.54, 1.807) is 47.1 Å². The third-order valence-electron chi connectivity index (χ3n) is 12.7. The fourth-order valence-corrected chi connectivity index (χ4v) is 9.60. The minimum atomic E-state index is -1.46. The summed E-state index contributed by atoms with van der Waals surface area (Å²) in [5.74, 6) is 2.07. The molecule has 4 aliphatic rings. The molecular weight excluding hydrogens is 855 g/mol. The summed E-state index contributed by atoms with van der Waals surface area (Å²) in [6.45, 7) is 11.8. The number of rotatable bonds is 12. The summed E-state index contributed by atoms with van der Waals surface area (Å²) in [5.41, 5.74) is -1.20. The molecule has 2 amide bonds. The number of pyridine rings is 2. The van der Waals surface area contributed by atoms with Gasteiger partial charge in [0, 0.05) is 76.1 Å². The van der Waals surface area contributed by atoms with Gasteiger partial charge in [0.15, 0.2) is 0 Å². The third-order valence-corrected chi connectivity index (χ3v) is 12.7. The molecule has 362 valence electrons. The maximum atomic E-state index is 13.3. The molecule has 5 N–H and O–H groups in total. The van der Waals surface area contributed by atoms with Crippen molar-refractivity contribution in [2.75, 3.05) is 58.4 Å². The van der Waals surface area contributed by atoms with Crippen LogP contribution in [-0.2, 0) is 20.7 Å². The van der Waals surface area contributed by atoms with E-state index in [0.29, 0.717) is 50.1 Å². The van der Waals surface area contributed by atoms with E-state index in [4.69, 9.17) is 29.0 Å². The summed E-state index contributed by atoms with van der Waals surface area (Å²) >= 11 is 0. The van der Waals surface area contributed by atoms with Gasteiger partial charge in [0.2, 0.25) is 5.88 Å². The zero-order chi connectivity index (χ0) is 48.2. The molecule has 0 radical (unpaired) electrons. The second-order valence-electron chi connectivity index (χ2n) is 19.1. The maximum Gasteiger partial charge on any atom is 0.490 e. The van der Waals surface area contributed by atoms with Crippen LogP contribution in [0.2, 0.25) is 0 Å². The van der Waals surface area contributed by atoms with Gasteiger partial charge in [-0.15, -0.1) is 0 Å².